The van der Waals surface area contributed by atoms with Gasteiger partial charge in [0.1, 0.15) is 6.04 Å². The number of nitrogens with zero attached hydrogens (tertiary/aromatic N) is 1. The van der Waals surface area contributed by atoms with Gasteiger partial charge in [0.15, 0.2) is 0 Å². The summed E-state index contributed by atoms with van der Waals surface area (Å²) in [5, 5.41) is 8.96. The maximum atomic E-state index is 11.9. The molecule has 17 heavy (non-hydrogen) atoms. The van der Waals surface area contributed by atoms with Crippen molar-refractivity contribution >= 4 is 24.3 Å². The highest BCUT2D eigenvalue weighted by atomic mass is 35.5. The summed E-state index contributed by atoms with van der Waals surface area (Å²) in [6.07, 6.45) is 1.88. The van der Waals surface area contributed by atoms with Gasteiger partial charge in [-0.25, -0.2) is 4.79 Å². The molecule has 1 heterocycles. The average molecular weight is 265 g/mol. The van der Waals surface area contributed by atoms with Crippen LogP contribution in [0, 0.1) is 5.92 Å². The zero-order valence-corrected chi connectivity index (χ0v) is 11.1. The molecule has 6 heteroatoms. The van der Waals surface area contributed by atoms with E-state index in [1.807, 2.05) is 13.8 Å². The Hall–Kier alpha value is -0.810. The van der Waals surface area contributed by atoms with Crippen molar-refractivity contribution in [2.24, 2.45) is 11.7 Å². The van der Waals surface area contributed by atoms with E-state index in [9.17, 15) is 9.59 Å². The standard InChI is InChI=1S/C11H20N2O3.ClH/c1-7(2)6-8(12)10(14)13-5-3-4-9(13)11(15)16;/h7-9H,3-6,12H2,1-2H3,(H,15,16);1H/t8-,9?;/m1./s1. The lowest BCUT2D eigenvalue weighted by atomic mass is 10.0. The van der Waals surface area contributed by atoms with Gasteiger partial charge in [0.25, 0.3) is 0 Å². The summed E-state index contributed by atoms with van der Waals surface area (Å²) in [4.78, 5) is 24.3. The first-order valence-electron chi connectivity index (χ1n) is 5.72. The molecule has 0 aliphatic carbocycles. The lowest BCUT2D eigenvalue weighted by molar-refractivity contribution is -0.148. The van der Waals surface area contributed by atoms with Crippen molar-refractivity contribution in [3.8, 4) is 0 Å². The van der Waals surface area contributed by atoms with Gasteiger partial charge in [-0.2, -0.15) is 0 Å². The minimum Gasteiger partial charge on any atom is -0.480 e. The Morgan fingerprint density at radius 3 is 2.53 bits per heavy atom. The molecule has 5 nitrogen and oxygen atoms in total. The fraction of sp³-hybridized carbons (Fsp3) is 0.818. The van der Waals surface area contributed by atoms with E-state index >= 15 is 0 Å². The third-order valence-electron chi connectivity index (χ3n) is 2.86. The maximum Gasteiger partial charge on any atom is 0.326 e. The summed E-state index contributed by atoms with van der Waals surface area (Å²) in [5.41, 5.74) is 5.78. The largest absolute Gasteiger partial charge is 0.480 e. The normalized spacial score (nSPS) is 21.2. The van der Waals surface area contributed by atoms with E-state index < -0.39 is 18.1 Å². The Bertz CT molecular complexity index is 284. The van der Waals surface area contributed by atoms with Gasteiger partial charge >= 0.3 is 5.97 Å². The molecule has 0 bridgehead atoms. The Morgan fingerprint density at radius 1 is 1.47 bits per heavy atom. The number of hydrogen-bond acceptors (Lipinski definition) is 3. The quantitative estimate of drug-likeness (QED) is 0.789. The van der Waals surface area contributed by atoms with Crippen LogP contribution in [0.4, 0.5) is 0 Å². The number of amides is 1. The number of halogens is 1. The number of carbonyl (C=O) groups is 2. The highest BCUT2D eigenvalue weighted by Crippen LogP contribution is 2.19. The minimum absolute atomic E-state index is 0. The van der Waals surface area contributed by atoms with Gasteiger partial charge < -0.3 is 15.7 Å². The van der Waals surface area contributed by atoms with Gasteiger partial charge in [0, 0.05) is 6.54 Å². The predicted octanol–water partition coefficient (Wildman–Crippen LogP) is 0.857. The van der Waals surface area contributed by atoms with E-state index in [0.29, 0.717) is 25.3 Å². The van der Waals surface area contributed by atoms with Crippen LogP contribution in [0.1, 0.15) is 33.1 Å². The highest BCUT2D eigenvalue weighted by Gasteiger charge is 2.35. The Balaban J connectivity index is 0.00000256. The van der Waals surface area contributed by atoms with Gasteiger partial charge in [-0.15, -0.1) is 12.4 Å². The van der Waals surface area contributed by atoms with Crippen LogP contribution in [-0.4, -0.2) is 40.5 Å². The van der Waals surface area contributed by atoms with E-state index in [1.165, 1.54) is 4.90 Å². The monoisotopic (exact) mass is 264 g/mol. The van der Waals surface area contributed by atoms with Crippen molar-refractivity contribution < 1.29 is 14.7 Å². The smallest absolute Gasteiger partial charge is 0.326 e. The lowest BCUT2D eigenvalue weighted by Gasteiger charge is -2.25. The molecule has 1 unspecified atom stereocenters. The van der Waals surface area contributed by atoms with Crippen LogP contribution in [0.15, 0.2) is 0 Å². The third-order valence-corrected chi connectivity index (χ3v) is 2.86. The molecule has 0 spiro atoms. The van der Waals surface area contributed by atoms with Gasteiger partial charge in [-0.1, -0.05) is 13.8 Å². The topological polar surface area (TPSA) is 83.6 Å². The first-order chi connectivity index (χ1) is 7.43. The summed E-state index contributed by atoms with van der Waals surface area (Å²) in [5.74, 6) is -0.814. The molecule has 0 aromatic rings. The molecule has 1 saturated heterocycles. The van der Waals surface area contributed by atoms with E-state index in [1.54, 1.807) is 0 Å². The van der Waals surface area contributed by atoms with Gasteiger partial charge in [0.05, 0.1) is 6.04 Å². The fourth-order valence-corrected chi connectivity index (χ4v) is 2.11. The van der Waals surface area contributed by atoms with Crippen LogP contribution in [-0.2, 0) is 9.59 Å². The summed E-state index contributed by atoms with van der Waals surface area (Å²) in [6.45, 7) is 4.50. The molecule has 1 aliphatic rings. The van der Waals surface area contributed by atoms with Crippen LogP contribution in [0.3, 0.4) is 0 Å². The van der Waals surface area contributed by atoms with Crippen LogP contribution >= 0.6 is 12.4 Å². The molecule has 1 fully saturated rings. The number of likely N-dealkylation sites (tertiary alicyclic amines) is 1. The summed E-state index contributed by atoms with van der Waals surface area (Å²) in [6, 6.07) is -1.24. The van der Waals surface area contributed by atoms with E-state index in [2.05, 4.69) is 0 Å². The van der Waals surface area contributed by atoms with Crippen molar-refractivity contribution in [1.29, 1.82) is 0 Å². The van der Waals surface area contributed by atoms with Crippen molar-refractivity contribution in [2.75, 3.05) is 6.54 Å². The van der Waals surface area contributed by atoms with Crippen LogP contribution in [0.25, 0.3) is 0 Å². The maximum absolute atomic E-state index is 11.9. The van der Waals surface area contributed by atoms with E-state index in [4.69, 9.17) is 10.8 Å². The number of carboxylic acid groups (broad SMARTS) is 1. The summed E-state index contributed by atoms with van der Waals surface area (Å²) < 4.78 is 0. The zero-order valence-electron chi connectivity index (χ0n) is 10.3. The molecular weight excluding hydrogens is 244 g/mol. The Labute approximate surface area is 108 Å². The molecule has 1 aliphatic heterocycles. The van der Waals surface area contributed by atoms with Crippen LogP contribution < -0.4 is 5.73 Å². The second-order valence-electron chi connectivity index (χ2n) is 4.76. The van der Waals surface area contributed by atoms with Crippen LogP contribution in [0.5, 0.6) is 0 Å². The number of aliphatic carboxylic acids is 1. The van der Waals surface area contributed by atoms with Crippen LogP contribution in [0.2, 0.25) is 0 Å². The third kappa shape index (κ3) is 4.16. The molecule has 0 radical (unpaired) electrons. The number of carboxylic acids is 1. The first-order valence-corrected chi connectivity index (χ1v) is 5.72. The highest BCUT2D eigenvalue weighted by molar-refractivity contribution is 5.87. The Morgan fingerprint density at radius 2 is 2.06 bits per heavy atom. The van der Waals surface area contributed by atoms with E-state index in [-0.39, 0.29) is 18.3 Å². The number of nitrogens with two attached hydrogens (primary N) is 1. The molecular formula is C11H21ClN2O3. The summed E-state index contributed by atoms with van der Waals surface area (Å²) >= 11 is 0. The van der Waals surface area contributed by atoms with Crippen molar-refractivity contribution in [3.63, 3.8) is 0 Å². The molecule has 0 saturated carbocycles. The average Bonchev–Trinajstić information content (AvgIpc) is 2.63. The number of rotatable bonds is 4. The van der Waals surface area contributed by atoms with Gasteiger partial charge in [-0.05, 0) is 25.2 Å². The van der Waals surface area contributed by atoms with Crippen molar-refractivity contribution in [1.82, 2.24) is 4.90 Å². The van der Waals surface area contributed by atoms with E-state index in [0.717, 1.165) is 6.42 Å². The molecule has 1 rings (SSSR count). The molecule has 0 aromatic carbocycles. The van der Waals surface area contributed by atoms with Crippen molar-refractivity contribution in [2.45, 2.75) is 45.2 Å². The van der Waals surface area contributed by atoms with Gasteiger partial charge in [0.2, 0.25) is 5.91 Å². The number of carbonyl (C=O) groups excluding carboxylic acids is 1. The SMILES string of the molecule is CC(C)C[C@@H](N)C(=O)N1CCCC1C(=O)O.Cl. The fourth-order valence-electron chi connectivity index (χ4n) is 2.11. The van der Waals surface area contributed by atoms with Crippen molar-refractivity contribution in [3.05, 3.63) is 0 Å². The predicted molar refractivity (Wildman–Crippen MR) is 67.0 cm³/mol. The zero-order chi connectivity index (χ0) is 12.3. The lowest BCUT2D eigenvalue weighted by Crippen LogP contribution is -2.48. The molecule has 2 atom stereocenters. The molecule has 3 N–H and O–H groups in total. The molecule has 100 valence electrons. The second kappa shape index (κ2) is 6.81. The van der Waals surface area contributed by atoms with Gasteiger partial charge in [-0.3, -0.25) is 4.79 Å². The number of hydrogen-bond donors (Lipinski definition) is 2. The second-order valence-corrected chi connectivity index (χ2v) is 4.76. The minimum atomic E-state index is -0.928. The Kier molecular flexibility index (Phi) is 6.49. The first kappa shape index (κ1) is 16.2. The molecule has 1 amide bonds. The summed E-state index contributed by atoms with van der Waals surface area (Å²) in [7, 11) is 0. The molecule has 0 aromatic heterocycles.